The van der Waals surface area contributed by atoms with Crippen molar-refractivity contribution in [2.75, 3.05) is 0 Å². The zero-order valence-corrected chi connectivity index (χ0v) is 10.2. The Labute approximate surface area is 99.9 Å². The number of thiophene rings is 1. The van der Waals surface area contributed by atoms with Gasteiger partial charge in [0.15, 0.2) is 0 Å². The summed E-state index contributed by atoms with van der Waals surface area (Å²) in [6.07, 6.45) is 0. The Morgan fingerprint density at radius 3 is 2.67 bits per heavy atom. The zero-order chi connectivity index (χ0) is 10.8. The highest BCUT2D eigenvalue weighted by atomic mass is 79.9. The summed E-state index contributed by atoms with van der Waals surface area (Å²) < 4.78 is 13.7. The summed E-state index contributed by atoms with van der Waals surface area (Å²) in [5.41, 5.74) is 6.54. The molecule has 78 valence electrons. The van der Waals surface area contributed by atoms with E-state index in [0.29, 0.717) is 6.54 Å². The molecule has 0 aliphatic heterocycles. The average Bonchev–Trinajstić information content (AvgIpc) is 2.66. The smallest absolute Gasteiger partial charge is 0.124 e. The van der Waals surface area contributed by atoms with Crippen molar-refractivity contribution in [3.05, 3.63) is 45.5 Å². The van der Waals surface area contributed by atoms with E-state index in [4.69, 9.17) is 5.73 Å². The second-order valence-corrected chi connectivity index (χ2v) is 5.12. The molecule has 0 saturated carbocycles. The molecule has 1 aromatic carbocycles. The first-order chi connectivity index (χ1) is 7.20. The van der Waals surface area contributed by atoms with Gasteiger partial charge >= 0.3 is 0 Å². The molecule has 0 fully saturated rings. The van der Waals surface area contributed by atoms with Crippen LogP contribution in [0, 0.1) is 5.82 Å². The summed E-state index contributed by atoms with van der Waals surface area (Å²) in [5, 5.41) is 0. The molecule has 0 bridgehead atoms. The summed E-state index contributed by atoms with van der Waals surface area (Å²) in [5.74, 6) is -0.235. The molecular formula is C11H9BrFNS. The first-order valence-electron chi connectivity index (χ1n) is 4.45. The van der Waals surface area contributed by atoms with E-state index in [2.05, 4.69) is 15.9 Å². The van der Waals surface area contributed by atoms with Crippen LogP contribution in [-0.4, -0.2) is 0 Å². The fourth-order valence-corrected chi connectivity index (χ4v) is 2.94. The van der Waals surface area contributed by atoms with Crippen molar-refractivity contribution >= 4 is 27.3 Å². The number of hydrogen-bond acceptors (Lipinski definition) is 2. The largest absolute Gasteiger partial charge is 0.326 e. The molecule has 0 spiro atoms. The molecule has 4 heteroatoms. The van der Waals surface area contributed by atoms with Gasteiger partial charge in [0.25, 0.3) is 0 Å². The topological polar surface area (TPSA) is 26.0 Å². The Morgan fingerprint density at radius 2 is 2.07 bits per heavy atom. The van der Waals surface area contributed by atoms with Crippen LogP contribution in [-0.2, 0) is 6.54 Å². The third kappa shape index (κ3) is 2.27. The van der Waals surface area contributed by atoms with E-state index in [1.54, 1.807) is 17.4 Å². The van der Waals surface area contributed by atoms with Gasteiger partial charge in [0.1, 0.15) is 5.82 Å². The van der Waals surface area contributed by atoms with E-state index in [1.807, 2.05) is 12.1 Å². The quantitative estimate of drug-likeness (QED) is 0.893. The molecule has 1 heterocycles. The SMILES string of the molecule is NCc1ccc(-c2ccc(F)cc2Br)s1. The van der Waals surface area contributed by atoms with Crippen molar-refractivity contribution in [2.24, 2.45) is 5.73 Å². The average molecular weight is 286 g/mol. The molecule has 1 aromatic heterocycles. The van der Waals surface area contributed by atoms with Crippen LogP contribution in [0.1, 0.15) is 4.88 Å². The lowest BCUT2D eigenvalue weighted by atomic mass is 10.2. The van der Waals surface area contributed by atoms with Crippen molar-refractivity contribution in [3.8, 4) is 10.4 Å². The normalized spacial score (nSPS) is 10.6. The number of benzene rings is 1. The van der Waals surface area contributed by atoms with Gasteiger partial charge in [-0.3, -0.25) is 0 Å². The summed E-state index contributed by atoms with van der Waals surface area (Å²) >= 11 is 4.98. The minimum absolute atomic E-state index is 0.235. The van der Waals surface area contributed by atoms with E-state index in [9.17, 15) is 4.39 Å². The Kier molecular flexibility index (Phi) is 3.19. The fraction of sp³-hybridized carbons (Fsp3) is 0.0909. The Morgan fingerprint density at radius 1 is 1.27 bits per heavy atom. The van der Waals surface area contributed by atoms with Crippen molar-refractivity contribution in [1.82, 2.24) is 0 Å². The number of halogens is 2. The highest BCUT2D eigenvalue weighted by Crippen LogP contribution is 2.33. The van der Waals surface area contributed by atoms with Crippen LogP contribution in [0.15, 0.2) is 34.8 Å². The molecule has 2 rings (SSSR count). The Hall–Kier alpha value is -0.710. The zero-order valence-electron chi connectivity index (χ0n) is 7.84. The van der Waals surface area contributed by atoms with E-state index >= 15 is 0 Å². The van der Waals surface area contributed by atoms with E-state index in [1.165, 1.54) is 12.1 Å². The number of nitrogens with two attached hydrogens (primary N) is 1. The monoisotopic (exact) mass is 285 g/mol. The van der Waals surface area contributed by atoms with E-state index in [-0.39, 0.29) is 5.82 Å². The van der Waals surface area contributed by atoms with Gasteiger partial charge in [-0.2, -0.15) is 0 Å². The van der Waals surface area contributed by atoms with Crippen LogP contribution in [0.4, 0.5) is 4.39 Å². The van der Waals surface area contributed by atoms with Gasteiger partial charge in [-0.25, -0.2) is 4.39 Å². The van der Waals surface area contributed by atoms with Crippen LogP contribution < -0.4 is 5.73 Å². The standard InChI is InChI=1S/C11H9BrFNS/c12-10-5-7(13)1-3-9(10)11-4-2-8(6-14)15-11/h1-5H,6,14H2. The molecule has 2 aromatic rings. The summed E-state index contributed by atoms with van der Waals surface area (Å²) in [4.78, 5) is 2.23. The molecule has 0 atom stereocenters. The maximum Gasteiger partial charge on any atom is 0.124 e. The predicted molar refractivity (Wildman–Crippen MR) is 65.3 cm³/mol. The lowest BCUT2D eigenvalue weighted by molar-refractivity contribution is 0.627. The van der Waals surface area contributed by atoms with Crippen LogP contribution in [0.2, 0.25) is 0 Å². The maximum absolute atomic E-state index is 12.9. The van der Waals surface area contributed by atoms with Crippen LogP contribution in [0.25, 0.3) is 10.4 Å². The van der Waals surface area contributed by atoms with E-state index in [0.717, 1.165) is 19.8 Å². The van der Waals surface area contributed by atoms with Gasteiger partial charge in [0.2, 0.25) is 0 Å². The van der Waals surface area contributed by atoms with Crippen molar-refractivity contribution < 1.29 is 4.39 Å². The molecule has 0 aliphatic carbocycles. The molecule has 0 saturated heterocycles. The first kappa shape index (κ1) is 10.8. The molecule has 0 radical (unpaired) electrons. The molecule has 2 N–H and O–H groups in total. The lowest BCUT2D eigenvalue weighted by Crippen LogP contribution is -1.91. The molecule has 0 unspecified atom stereocenters. The van der Waals surface area contributed by atoms with Crippen LogP contribution in [0.3, 0.4) is 0 Å². The molecule has 15 heavy (non-hydrogen) atoms. The summed E-state index contributed by atoms with van der Waals surface area (Å²) in [6.45, 7) is 0.545. The Balaban J connectivity index is 2.44. The third-order valence-electron chi connectivity index (χ3n) is 2.06. The molecule has 0 aliphatic rings. The van der Waals surface area contributed by atoms with E-state index < -0.39 is 0 Å². The minimum Gasteiger partial charge on any atom is -0.326 e. The molecule has 0 amide bonds. The minimum atomic E-state index is -0.235. The second kappa shape index (κ2) is 4.43. The summed E-state index contributed by atoms with van der Waals surface area (Å²) in [6, 6.07) is 8.70. The first-order valence-corrected chi connectivity index (χ1v) is 6.06. The highest BCUT2D eigenvalue weighted by molar-refractivity contribution is 9.10. The van der Waals surface area contributed by atoms with Gasteiger partial charge in [0, 0.05) is 26.3 Å². The maximum atomic E-state index is 12.9. The van der Waals surface area contributed by atoms with Crippen molar-refractivity contribution in [3.63, 3.8) is 0 Å². The molecule has 1 nitrogen and oxygen atoms in total. The summed E-state index contributed by atoms with van der Waals surface area (Å²) in [7, 11) is 0. The third-order valence-corrected chi connectivity index (χ3v) is 3.86. The second-order valence-electron chi connectivity index (χ2n) is 3.09. The lowest BCUT2D eigenvalue weighted by Gasteiger charge is -2.00. The highest BCUT2D eigenvalue weighted by Gasteiger charge is 2.06. The Bertz CT molecular complexity index is 481. The van der Waals surface area contributed by atoms with Gasteiger partial charge in [-0.05, 0) is 30.3 Å². The molecular weight excluding hydrogens is 277 g/mol. The number of rotatable bonds is 2. The fourth-order valence-electron chi connectivity index (χ4n) is 1.32. The predicted octanol–water partition coefficient (Wildman–Crippen LogP) is 3.78. The van der Waals surface area contributed by atoms with Gasteiger partial charge in [-0.15, -0.1) is 11.3 Å². The van der Waals surface area contributed by atoms with Gasteiger partial charge < -0.3 is 5.73 Å². The van der Waals surface area contributed by atoms with Crippen LogP contribution >= 0.6 is 27.3 Å². The van der Waals surface area contributed by atoms with Gasteiger partial charge in [0.05, 0.1) is 0 Å². The van der Waals surface area contributed by atoms with Gasteiger partial charge in [-0.1, -0.05) is 15.9 Å². The van der Waals surface area contributed by atoms with Crippen molar-refractivity contribution in [1.29, 1.82) is 0 Å². The van der Waals surface area contributed by atoms with Crippen molar-refractivity contribution in [2.45, 2.75) is 6.54 Å². The van der Waals surface area contributed by atoms with Crippen LogP contribution in [0.5, 0.6) is 0 Å². The number of hydrogen-bond donors (Lipinski definition) is 1.